The fraction of sp³-hybridized carbons (Fsp3) is 0.462. The third-order valence-corrected chi connectivity index (χ3v) is 6.67. The van der Waals surface area contributed by atoms with E-state index in [0.717, 1.165) is 20.9 Å². The van der Waals surface area contributed by atoms with Crippen molar-refractivity contribution in [2.24, 2.45) is 0 Å². The van der Waals surface area contributed by atoms with Crippen molar-refractivity contribution in [1.29, 1.82) is 0 Å². The van der Waals surface area contributed by atoms with Gasteiger partial charge in [-0.2, -0.15) is 0 Å². The van der Waals surface area contributed by atoms with E-state index in [1.54, 1.807) is 11.8 Å². The van der Waals surface area contributed by atoms with Crippen molar-refractivity contribution in [3.63, 3.8) is 0 Å². The summed E-state index contributed by atoms with van der Waals surface area (Å²) in [6.07, 6.45) is 0.819. The first kappa shape index (κ1) is 27.4. The minimum atomic E-state index is -0.638. The first-order valence-corrected chi connectivity index (χ1v) is 12.8. The van der Waals surface area contributed by atoms with Crippen molar-refractivity contribution in [3.05, 3.63) is 62.5 Å². The SMILES string of the molecule is CC[C@@H](C)NC(=O)[C@@H](C)N(Cc1cccc(Br)c1)C(=O)COc1ccc(C(C)(C)C)cc1Br. The van der Waals surface area contributed by atoms with Crippen molar-refractivity contribution in [3.8, 4) is 5.75 Å². The molecule has 0 aliphatic carbocycles. The molecule has 0 fully saturated rings. The molecule has 0 saturated heterocycles. The zero-order valence-corrected chi connectivity index (χ0v) is 23.4. The molecule has 1 N–H and O–H groups in total. The van der Waals surface area contributed by atoms with Crippen LogP contribution in [0.4, 0.5) is 0 Å². The lowest BCUT2D eigenvalue weighted by molar-refractivity contribution is -0.142. The lowest BCUT2D eigenvalue weighted by Gasteiger charge is -2.29. The van der Waals surface area contributed by atoms with Crippen LogP contribution in [0.3, 0.4) is 0 Å². The number of ether oxygens (including phenoxy) is 1. The summed E-state index contributed by atoms with van der Waals surface area (Å²) in [5.41, 5.74) is 2.10. The monoisotopic (exact) mass is 580 g/mol. The van der Waals surface area contributed by atoms with Gasteiger partial charge < -0.3 is 15.0 Å². The van der Waals surface area contributed by atoms with Crippen LogP contribution in [-0.4, -0.2) is 35.4 Å². The van der Waals surface area contributed by atoms with Crippen molar-refractivity contribution < 1.29 is 14.3 Å². The van der Waals surface area contributed by atoms with E-state index in [1.807, 2.05) is 56.3 Å². The summed E-state index contributed by atoms with van der Waals surface area (Å²) >= 11 is 7.03. The first-order valence-electron chi connectivity index (χ1n) is 11.2. The van der Waals surface area contributed by atoms with Gasteiger partial charge in [0.25, 0.3) is 5.91 Å². The van der Waals surface area contributed by atoms with E-state index < -0.39 is 6.04 Å². The second kappa shape index (κ2) is 12.0. The summed E-state index contributed by atoms with van der Waals surface area (Å²) in [7, 11) is 0. The molecule has 0 bridgehead atoms. The van der Waals surface area contributed by atoms with Gasteiger partial charge in [-0.05, 0) is 77.0 Å². The maximum Gasteiger partial charge on any atom is 0.261 e. The molecule has 0 heterocycles. The van der Waals surface area contributed by atoms with Gasteiger partial charge in [-0.1, -0.05) is 61.8 Å². The van der Waals surface area contributed by atoms with E-state index >= 15 is 0 Å². The number of nitrogens with one attached hydrogen (secondary N) is 1. The highest BCUT2D eigenvalue weighted by molar-refractivity contribution is 9.10. The molecule has 0 spiro atoms. The molecular formula is C26H34Br2N2O3. The number of amides is 2. The van der Waals surface area contributed by atoms with Gasteiger partial charge in [-0.3, -0.25) is 9.59 Å². The summed E-state index contributed by atoms with van der Waals surface area (Å²) < 4.78 is 7.58. The van der Waals surface area contributed by atoms with Crippen LogP contribution in [0.2, 0.25) is 0 Å². The Bertz CT molecular complexity index is 972. The number of benzene rings is 2. The van der Waals surface area contributed by atoms with Crippen molar-refractivity contribution in [2.75, 3.05) is 6.61 Å². The molecule has 0 aromatic heterocycles. The Morgan fingerprint density at radius 1 is 1.09 bits per heavy atom. The normalized spacial score (nSPS) is 13.2. The van der Waals surface area contributed by atoms with Crippen LogP contribution < -0.4 is 10.1 Å². The van der Waals surface area contributed by atoms with Crippen LogP contribution in [0.5, 0.6) is 5.75 Å². The standard InChI is InChI=1S/C26H34Br2N2O3/c1-7-17(2)29-25(32)18(3)30(15-19-9-8-10-21(27)13-19)24(31)16-33-23-12-11-20(14-22(23)28)26(4,5)6/h8-14,17-18H,7,15-16H2,1-6H3,(H,29,32)/t17-,18-/m1/s1. The van der Waals surface area contributed by atoms with Crippen LogP contribution in [0, 0.1) is 0 Å². The lowest BCUT2D eigenvalue weighted by atomic mass is 9.87. The molecule has 0 radical (unpaired) electrons. The number of rotatable bonds is 9. The lowest BCUT2D eigenvalue weighted by Crippen LogP contribution is -2.50. The molecule has 5 nitrogen and oxygen atoms in total. The van der Waals surface area contributed by atoms with Gasteiger partial charge in [-0.25, -0.2) is 0 Å². The van der Waals surface area contributed by atoms with Gasteiger partial charge in [-0.15, -0.1) is 0 Å². The molecule has 0 aliphatic rings. The van der Waals surface area contributed by atoms with Crippen LogP contribution in [0.1, 0.15) is 59.1 Å². The average molecular weight is 582 g/mol. The maximum absolute atomic E-state index is 13.2. The Balaban J connectivity index is 2.19. The van der Waals surface area contributed by atoms with Crippen LogP contribution >= 0.6 is 31.9 Å². The molecule has 2 aromatic rings. The van der Waals surface area contributed by atoms with Gasteiger partial charge in [0.1, 0.15) is 11.8 Å². The molecule has 7 heteroatoms. The number of hydrogen-bond acceptors (Lipinski definition) is 3. The summed E-state index contributed by atoms with van der Waals surface area (Å²) in [5.74, 6) is 0.160. The maximum atomic E-state index is 13.2. The molecule has 0 saturated carbocycles. The van der Waals surface area contributed by atoms with E-state index in [4.69, 9.17) is 4.74 Å². The van der Waals surface area contributed by atoms with Gasteiger partial charge in [0, 0.05) is 17.1 Å². The van der Waals surface area contributed by atoms with Crippen molar-refractivity contribution >= 4 is 43.7 Å². The Hall–Kier alpha value is -1.86. The third-order valence-electron chi connectivity index (χ3n) is 5.56. The molecule has 2 amide bonds. The number of nitrogens with zero attached hydrogens (tertiary/aromatic N) is 1. The number of carbonyl (C=O) groups excluding carboxylic acids is 2. The quantitative estimate of drug-likeness (QED) is 0.382. The largest absolute Gasteiger partial charge is 0.483 e. The molecule has 2 aromatic carbocycles. The zero-order chi connectivity index (χ0) is 24.8. The van der Waals surface area contributed by atoms with Crippen molar-refractivity contribution in [2.45, 2.75) is 72.0 Å². The first-order chi connectivity index (χ1) is 15.4. The molecular weight excluding hydrogens is 548 g/mol. The van der Waals surface area contributed by atoms with Crippen LogP contribution in [-0.2, 0) is 21.5 Å². The minimum absolute atomic E-state index is 0.00997. The van der Waals surface area contributed by atoms with Gasteiger partial charge in [0.2, 0.25) is 5.91 Å². The fourth-order valence-corrected chi connectivity index (χ4v) is 4.13. The second-order valence-electron chi connectivity index (χ2n) is 9.33. The van der Waals surface area contributed by atoms with E-state index in [2.05, 4.69) is 57.9 Å². The third kappa shape index (κ3) is 8.14. The number of carbonyl (C=O) groups is 2. The number of hydrogen-bond donors (Lipinski definition) is 1. The Morgan fingerprint density at radius 2 is 1.79 bits per heavy atom. The fourth-order valence-electron chi connectivity index (χ4n) is 3.19. The summed E-state index contributed by atoms with van der Waals surface area (Å²) in [6.45, 7) is 12.3. The topological polar surface area (TPSA) is 58.6 Å². The highest BCUT2D eigenvalue weighted by atomic mass is 79.9. The van der Waals surface area contributed by atoms with Gasteiger partial charge in [0.15, 0.2) is 6.61 Å². The predicted molar refractivity (Wildman–Crippen MR) is 140 cm³/mol. The molecule has 33 heavy (non-hydrogen) atoms. The predicted octanol–water partition coefficient (Wildman–Crippen LogP) is 6.22. The second-order valence-corrected chi connectivity index (χ2v) is 11.1. The number of halogens is 2. The van der Waals surface area contributed by atoms with Gasteiger partial charge >= 0.3 is 0 Å². The van der Waals surface area contributed by atoms with Crippen LogP contribution in [0.15, 0.2) is 51.4 Å². The zero-order valence-electron chi connectivity index (χ0n) is 20.2. The van der Waals surface area contributed by atoms with E-state index in [1.165, 1.54) is 5.56 Å². The summed E-state index contributed by atoms with van der Waals surface area (Å²) in [5, 5.41) is 2.97. The Labute approximate surface area is 214 Å². The molecule has 2 rings (SSSR count). The Morgan fingerprint density at radius 3 is 2.36 bits per heavy atom. The highest BCUT2D eigenvalue weighted by Crippen LogP contribution is 2.31. The molecule has 2 atom stereocenters. The average Bonchev–Trinajstić information content (AvgIpc) is 2.75. The van der Waals surface area contributed by atoms with Crippen molar-refractivity contribution in [1.82, 2.24) is 10.2 Å². The highest BCUT2D eigenvalue weighted by Gasteiger charge is 2.27. The molecule has 0 unspecified atom stereocenters. The minimum Gasteiger partial charge on any atom is -0.483 e. The van der Waals surface area contributed by atoms with Gasteiger partial charge in [0.05, 0.1) is 4.47 Å². The van der Waals surface area contributed by atoms with Crippen LogP contribution in [0.25, 0.3) is 0 Å². The molecule has 180 valence electrons. The van der Waals surface area contributed by atoms with E-state index in [0.29, 0.717) is 12.3 Å². The molecule has 0 aliphatic heterocycles. The van der Waals surface area contributed by atoms with E-state index in [-0.39, 0.29) is 29.9 Å². The summed E-state index contributed by atoms with van der Waals surface area (Å²) in [6, 6.07) is 13.0. The summed E-state index contributed by atoms with van der Waals surface area (Å²) in [4.78, 5) is 27.6. The Kier molecular flexibility index (Phi) is 9.98. The van der Waals surface area contributed by atoms with E-state index in [9.17, 15) is 9.59 Å². The smallest absolute Gasteiger partial charge is 0.261 e.